The van der Waals surface area contributed by atoms with Crippen molar-refractivity contribution in [3.63, 3.8) is 0 Å². The zero-order chi connectivity index (χ0) is 13.0. The fourth-order valence-corrected chi connectivity index (χ4v) is 2.71. The number of rotatable bonds is 5. The summed E-state index contributed by atoms with van der Waals surface area (Å²) in [7, 11) is 0. The standard InChI is InChI=1S/C13H28N2O2/c1-9(2)5-12(14)13(8-16)15-6-10(3)17-11(4)7-15/h9-13,16H,5-8,14H2,1-4H3/t10-,11+,12?,13?. The van der Waals surface area contributed by atoms with Crippen LogP contribution in [0.1, 0.15) is 34.1 Å². The predicted octanol–water partition coefficient (Wildman–Crippen LogP) is 0.830. The van der Waals surface area contributed by atoms with Crippen LogP contribution in [0.2, 0.25) is 0 Å². The molecule has 2 unspecified atom stereocenters. The van der Waals surface area contributed by atoms with Gasteiger partial charge >= 0.3 is 0 Å². The van der Waals surface area contributed by atoms with Crippen molar-refractivity contribution < 1.29 is 9.84 Å². The molecular formula is C13H28N2O2. The second kappa shape index (κ2) is 6.69. The van der Waals surface area contributed by atoms with E-state index in [1.165, 1.54) is 0 Å². The first kappa shape index (κ1) is 14.9. The molecule has 1 saturated heterocycles. The van der Waals surface area contributed by atoms with Gasteiger partial charge in [0.1, 0.15) is 0 Å². The molecule has 4 heteroatoms. The van der Waals surface area contributed by atoms with Gasteiger partial charge in [-0.2, -0.15) is 0 Å². The highest BCUT2D eigenvalue weighted by Crippen LogP contribution is 2.17. The molecule has 0 saturated carbocycles. The van der Waals surface area contributed by atoms with Gasteiger partial charge in [0.2, 0.25) is 0 Å². The average Bonchev–Trinajstić information content (AvgIpc) is 2.15. The van der Waals surface area contributed by atoms with Crippen LogP contribution in [0.15, 0.2) is 0 Å². The quantitative estimate of drug-likeness (QED) is 0.752. The Bertz CT molecular complexity index is 213. The van der Waals surface area contributed by atoms with Gasteiger partial charge in [0.05, 0.1) is 18.8 Å². The highest BCUT2D eigenvalue weighted by molar-refractivity contribution is 4.86. The summed E-state index contributed by atoms with van der Waals surface area (Å²) in [4.78, 5) is 2.28. The molecule has 0 amide bonds. The van der Waals surface area contributed by atoms with Crippen LogP contribution >= 0.6 is 0 Å². The molecule has 1 aliphatic rings. The maximum Gasteiger partial charge on any atom is 0.0678 e. The fraction of sp³-hybridized carbons (Fsp3) is 1.00. The number of hydrogen-bond donors (Lipinski definition) is 2. The lowest BCUT2D eigenvalue weighted by atomic mass is 9.96. The molecule has 102 valence electrons. The summed E-state index contributed by atoms with van der Waals surface area (Å²) < 4.78 is 5.71. The Morgan fingerprint density at radius 3 is 2.24 bits per heavy atom. The lowest BCUT2D eigenvalue weighted by Gasteiger charge is -2.42. The van der Waals surface area contributed by atoms with E-state index >= 15 is 0 Å². The van der Waals surface area contributed by atoms with Gasteiger partial charge in [-0.1, -0.05) is 13.8 Å². The Morgan fingerprint density at radius 1 is 1.29 bits per heavy atom. The van der Waals surface area contributed by atoms with Crippen LogP contribution in [0.5, 0.6) is 0 Å². The molecule has 1 aliphatic heterocycles. The van der Waals surface area contributed by atoms with Crippen LogP contribution in [0, 0.1) is 5.92 Å². The maximum atomic E-state index is 9.57. The van der Waals surface area contributed by atoms with Crippen molar-refractivity contribution in [2.75, 3.05) is 19.7 Å². The lowest BCUT2D eigenvalue weighted by molar-refractivity contribution is -0.0892. The number of nitrogens with two attached hydrogens (primary N) is 1. The van der Waals surface area contributed by atoms with Gasteiger partial charge in [-0.3, -0.25) is 4.90 Å². The van der Waals surface area contributed by atoms with Gasteiger partial charge in [-0.05, 0) is 26.2 Å². The molecule has 1 heterocycles. The van der Waals surface area contributed by atoms with E-state index in [1.54, 1.807) is 0 Å². The number of morpholine rings is 1. The van der Waals surface area contributed by atoms with Crippen LogP contribution in [0.4, 0.5) is 0 Å². The zero-order valence-corrected chi connectivity index (χ0v) is 11.6. The monoisotopic (exact) mass is 244 g/mol. The third-order valence-electron chi connectivity index (χ3n) is 3.34. The number of aliphatic hydroxyl groups is 1. The van der Waals surface area contributed by atoms with Crippen LogP contribution in [-0.2, 0) is 4.74 Å². The number of nitrogens with zero attached hydrogens (tertiary/aromatic N) is 1. The van der Waals surface area contributed by atoms with Gasteiger partial charge in [0, 0.05) is 25.2 Å². The van der Waals surface area contributed by atoms with E-state index in [0.717, 1.165) is 19.5 Å². The molecule has 0 spiro atoms. The van der Waals surface area contributed by atoms with E-state index in [2.05, 4.69) is 32.6 Å². The number of ether oxygens (including phenoxy) is 1. The molecule has 0 aromatic rings. The van der Waals surface area contributed by atoms with E-state index in [9.17, 15) is 5.11 Å². The smallest absolute Gasteiger partial charge is 0.0678 e. The minimum Gasteiger partial charge on any atom is -0.395 e. The summed E-state index contributed by atoms with van der Waals surface area (Å²) in [5.41, 5.74) is 6.21. The second-order valence-corrected chi connectivity index (χ2v) is 5.75. The summed E-state index contributed by atoms with van der Waals surface area (Å²) in [5.74, 6) is 0.565. The maximum absolute atomic E-state index is 9.57. The Hall–Kier alpha value is -0.160. The molecule has 0 aromatic heterocycles. The van der Waals surface area contributed by atoms with E-state index in [4.69, 9.17) is 10.5 Å². The van der Waals surface area contributed by atoms with Crippen LogP contribution in [0.25, 0.3) is 0 Å². The van der Waals surface area contributed by atoms with Crippen molar-refractivity contribution in [2.24, 2.45) is 11.7 Å². The summed E-state index contributed by atoms with van der Waals surface area (Å²) in [6, 6.07) is 0.101. The van der Waals surface area contributed by atoms with Crippen molar-refractivity contribution in [2.45, 2.75) is 58.4 Å². The van der Waals surface area contributed by atoms with Gasteiger partial charge in [-0.15, -0.1) is 0 Å². The normalized spacial score (nSPS) is 30.5. The topological polar surface area (TPSA) is 58.7 Å². The number of aliphatic hydroxyl groups excluding tert-OH is 1. The summed E-state index contributed by atoms with van der Waals surface area (Å²) >= 11 is 0. The highest BCUT2D eigenvalue weighted by atomic mass is 16.5. The van der Waals surface area contributed by atoms with Crippen molar-refractivity contribution in [3.8, 4) is 0 Å². The van der Waals surface area contributed by atoms with Crippen LogP contribution < -0.4 is 5.73 Å². The van der Waals surface area contributed by atoms with Gasteiger partial charge in [0.25, 0.3) is 0 Å². The third-order valence-corrected chi connectivity index (χ3v) is 3.34. The molecule has 1 fully saturated rings. The molecule has 17 heavy (non-hydrogen) atoms. The molecule has 0 radical (unpaired) electrons. The van der Waals surface area contributed by atoms with E-state index in [0.29, 0.717) is 5.92 Å². The third kappa shape index (κ3) is 4.54. The minimum absolute atomic E-state index is 0.0394. The SMILES string of the molecule is CC(C)CC(N)C(CO)N1C[C@@H](C)O[C@@H](C)C1. The van der Waals surface area contributed by atoms with E-state index in [-0.39, 0.29) is 30.9 Å². The molecule has 4 nitrogen and oxygen atoms in total. The van der Waals surface area contributed by atoms with Gasteiger partial charge < -0.3 is 15.6 Å². The van der Waals surface area contributed by atoms with Crippen molar-refractivity contribution >= 4 is 0 Å². The van der Waals surface area contributed by atoms with Crippen LogP contribution in [0.3, 0.4) is 0 Å². The van der Waals surface area contributed by atoms with E-state index in [1.807, 2.05) is 0 Å². The molecule has 0 aromatic carbocycles. The Kier molecular flexibility index (Phi) is 5.86. The second-order valence-electron chi connectivity index (χ2n) is 5.75. The van der Waals surface area contributed by atoms with Gasteiger partial charge in [-0.25, -0.2) is 0 Å². The fourth-order valence-electron chi connectivity index (χ4n) is 2.71. The van der Waals surface area contributed by atoms with Gasteiger partial charge in [0.15, 0.2) is 0 Å². The molecule has 4 atom stereocenters. The van der Waals surface area contributed by atoms with Crippen molar-refractivity contribution in [1.29, 1.82) is 0 Å². The Labute approximate surface area is 105 Å². The van der Waals surface area contributed by atoms with Crippen molar-refractivity contribution in [1.82, 2.24) is 4.90 Å². The van der Waals surface area contributed by atoms with Crippen molar-refractivity contribution in [3.05, 3.63) is 0 Å². The first-order valence-electron chi connectivity index (χ1n) is 6.70. The first-order valence-corrected chi connectivity index (χ1v) is 6.70. The molecule has 0 bridgehead atoms. The van der Waals surface area contributed by atoms with Crippen LogP contribution in [-0.4, -0.2) is 54.0 Å². The summed E-state index contributed by atoms with van der Waals surface area (Å²) in [6.45, 7) is 10.3. The molecule has 1 rings (SSSR count). The average molecular weight is 244 g/mol. The zero-order valence-electron chi connectivity index (χ0n) is 11.6. The number of hydrogen-bond acceptors (Lipinski definition) is 4. The Morgan fingerprint density at radius 2 is 1.82 bits per heavy atom. The summed E-state index contributed by atoms with van der Waals surface area (Å²) in [6.07, 6.45) is 1.39. The molecule has 3 N–H and O–H groups in total. The minimum atomic E-state index is 0.0394. The van der Waals surface area contributed by atoms with E-state index < -0.39 is 0 Å². The Balaban J connectivity index is 2.59. The summed E-state index contributed by atoms with van der Waals surface area (Å²) in [5, 5.41) is 9.57. The lowest BCUT2D eigenvalue weighted by Crippen LogP contribution is -2.57. The molecular weight excluding hydrogens is 216 g/mol. The predicted molar refractivity (Wildman–Crippen MR) is 69.9 cm³/mol. The largest absolute Gasteiger partial charge is 0.395 e. The first-order chi connectivity index (χ1) is 7.93. The molecule has 0 aliphatic carbocycles. The highest BCUT2D eigenvalue weighted by Gasteiger charge is 2.31.